The Balaban J connectivity index is 0.000000461. The molecule has 1 unspecified atom stereocenters. The van der Waals surface area contributed by atoms with Crippen molar-refractivity contribution in [2.75, 3.05) is 6.66 Å². The Morgan fingerprint density at radius 1 is 1.09 bits per heavy atom. The maximum absolute atomic E-state index is 10.8. The van der Waals surface area contributed by atoms with E-state index in [2.05, 4.69) is 0 Å². The summed E-state index contributed by atoms with van der Waals surface area (Å²) in [6.45, 7) is 5.71. The van der Waals surface area contributed by atoms with Crippen molar-refractivity contribution in [3.63, 3.8) is 0 Å². The van der Waals surface area contributed by atoms with Crippen molar-refractivity contribution >= 4 is 13.1 Å². The van der Waals surface area contributed by atoms with Crippen LogP contribution in [-0.2, 0) is 4.57 Å². The topological polar surface area (TPSA) is 17.1 Å². The molecule has 0 aliphatic rings. The molecule has 11 heavy (non-hydrogen) atoms. The summed E-state index contributed by atoms with van der Waals surface area (Å²) in [7, 11) is -1.15. The second kappa shape index (κ2) is 6.06. The van der Waals surface area contributed by atoms with Crippen LogP contribution < -0.4 is 5.30 Å². The van der Waals surface area contributed by atoms with Gasteiger partial charge < -0.3 is 0 Å². The third-order valence-electron chi connectivity index (χ3n) is 1.12. The van der Waals surface area contributed by atoms with Gasteiger partial charge in [-0.05, 0) is 12.1 Å². The van der Waals surface area contributed by atoms with Gasteiger partial charge in [0.15, 0.2) is 5.30 Å². The van der Waals surface area contributed by atoms with Gasteiger partial charge in [0.2, 0.25) is 0 Å². The highest BCUT2D eigenvalue weighted by Gasteiger charge is 2.07. The van der Waals surface area contributed by atoms with E-state index in [9.17, 15) is 4.57 Å². The van der Waals surface area contributed by atoms with E-state index in [0.29, 0.717) is 0 Å². The van der Waals surface area contributed by atoms with Gasteiger partial charge in [-0.1, -0.05) is 36.6 Å². The zero-order chi connectivity index (χ0) is 8.69. The van der Waals surface area contributed by atoms with Crippen LogP contribution in [0.2, 0.25) is 0 Å². The van der Waals surface area contributed by atoms with E-state index in [1.165, 1.54) is 0 Å². The van der Waals surface area contributed by atoms with Crippen LogP contribution >= 0.6 is 7.80 Å². The molecule has 1 nitrogen and oxygen atoms in total. The molecule has 1 aromatic carbocycles. The first-order valence-electron chi connectivity index (χ1n) is 3.76. The zero-order valence-corrected chi connectivity index (χ0v) is 8.14. The lowest BCUT2D eigenvalue weighted by Gasteiger charge is -1.79. The molecule has 1 atom stereocenters. The number of benzene rings is 1. The van der Waals surface area contributed by atoms with Crippen LogP contribution in [0.4, 0.5) is 0 Å². The van der Waals surface area contributed by atoms with Crippen molar-refractivity contribution in [1.82, 2.24) is 0 Å². The third-order valence-corrected chi connectivity index (χ3v) is 2.15. The Labute approximate surface area is 69.2 Å². The molecular formula is C9H14OP+. The van der Waals surface area contributed by atoms with E-state index >= 15 is 0 Å². The van der Waals surface area contributed by atoms with E-state index in [1.807, 2.05) is 44.2 Å². The zero-order valence-electron chi connectivity index (χ0n) is 7.24. The lowest BCUT2D eigenvalue weighted by molar-refractivity contribution is 0.596. The van der Waals surface area contributed by atoms with Gasteiger partial charge in [0, 0.05) is 0 Å². The molecule has 1 aromatic rings. The summed E-state index contributed by atoms with van der Waals surface area (Å²) in [5.74, 6) is 0. The van der Waals surface area contributed by atoms with Gasteiger partial charge in [-0.3, -0.25) is 0 Å². The summed E-state index contributed by atoms with van der Waals surface area (Å²) in [6.07, 6.45) is 0. The van der Waals surface area contributed by atoms with Crippen LogP contribution in [0.5, 0.6) is 0 Å². The molecule has 0 aliphatic heterocycles. The normalized spacial score (nSPS) is 9.55. The van der Waals surface area contributed by atoms with Gasteiger partial charge >= 0.3 is 7.80 Å². The summed E-state index contributed by atoms with van der Waals surface area (Å²) in [5.41, 5.74) is 0. The van der Waals surface area contributed by atoms with Crippen molar-refractivity contribution in [2.24, 2.45) is 0 Å². The number of rotatable bonds is 1. The van der Waals surface area contributed by atoms with E-state index in [0.717, 1.165) is 5.30 Å². The fourth-order valence-corrected chi connectivity index (χ4v) is 1.23. The van der Waals surface area contributed by atoms with Crippen molar-refractivity contribution in [1.29, 1.82) is 0 Å². The Morgan fingerprint density at radius 3 is 1.82 bits per heavy atom. The van der Waals surface area contributed by atoms with Crippen LogP contribution in [0.25, 0.3) is 0 Å². The average Bonchev–Trinajstić information content (AvgIpc) is 2.10. The molecule has 0 heterocycles. The Morgan fingerprint density at radius 2 is 1.55 bits per heavy atom. The van der Waals surface area contributed by atoms with E-state index in [1.54, 1.807) is 6.66 Å². The van der Waals surface area contributed by atoms with Gasteiger partial charge in [0.1, 0.15) is 6.66 Å². The second-order valence-electron chi connectivity index (χ2n) is 1.83. The minimum absolute atomic E-state index is 0.924. The molecule has 60 valence electrons. The SMILES string of the molecule is CC.C[P+](=O)c1ccccc1. The predicted octanol–water partition coefficient (Wildman–Crippen LogP) is 2.80. The number of hydrogen-bond donors (Lipinski definition) is 0. The minimum atomic E-state index is -1.15. The molecular weight excluding hydrogens is 155 g/mol. The highest BCUT2D eigenvalue weighted by Crippen LogP contribution is 2.11. The first-order valence-corrected chi connectivity index (χ1v) is 5.47. The van der Waals surface area contributed by atoms with E-state index < -0.39 is 7.80 Å². The predicted molar refractivity (Wildman–Crippen MR) is 51.0 cm³/mol. The first-order chi connectivity index (χ1) is 5.30. The molecule has 1 rings (SSSR count). The summed E-state index contributed by atoms with van der Waals surface area (Å²) in [6, 6.07) is 9.46. The van der Waals surface area contributed by atoms with Gasteiger partial charge in [0.25, 0.3) is 0 Å². The Hall–Kier alpha value is -0.680. The van der Waals surface area contributed by atoms with Gasteiger partial charge in [-0.2, -0.15) is 0 Å². The quantitative estimate of drug-likeness (QED) is 0.591. The fraction of sp³-hybridized carbons (Fsp3) is 0.333. The van der Waals surface area contributed by atoms with Crippen molar-refractivity contribution in [2.45, 2.75) is 13.8 Å². The monoisotopic (exact) mass is 169 g/mol. The summed E-state index contributed by atoms with van der Waals surface area (Å²) in [4.78, 5) is 0. The van der Waals surface area contributed by atoms with Crippen LogP contribution in [0, 0.1) is 0 Å². The summed E-state index contributed by atoms with van der Waals surface area (Å²) in [5, 5.41) is 0.924. The molecule has 0 fully saturated rings. The van der Waals surface area contributed by atoms with Crippen molar-refractivity contribution in [3.05, 3.63) is 30.3 Å². The molecule has 0 radical (unpaired) electrons. The molecule has 2 heteroatoms. The highest BCUT2D eigenvalue weighted by atomic mass is 31.1. The van der Waals surface area contributed by atoms with Crippen LogP contribution in [0.1, 0.15) is 13.8 Å². The summed E-state index contributed by atoms with van der Waals surface area (Å²) < 4.78 is 10.8. The molecule has 0 saturated carbocycles. The lowest BCUT2D eigenvalue weighted by atomic mass is 10.4. The van der Waals surface area contributed by atoms with Crippen LogP contribution in [-0.4, -0.2) is 6.66 Å². The molecule has 0 aliphatic carbocycles. The number of hydrogen-bond acceptors (Lipinski definition) is 1. The molecule has 0 bridgehead atoms. The largest absolute Gasteiger partial charge is 0.373 e. The third kappa shape index (κ3) is 3.90. The molecule has 0 amide bonds. The average molecular weight is 169 g/mol. The first kappa shape index (κ1) is 10.3. The Bertz CT molecular complexity index is 206. The van der Waals surface area contributed by atoms with Gasteiger partial charge in [-0.15, -0.1) is 0 Å². The van der Waals surface area contributed by atoms with Crippen LogP contribution in [0.3, 0.4) is 0 Å². The van der Waals surface area contributed by atoms with Crippen LogP contribution in [0.15, 0.2) is 30.3 Å². The highest BCUT2D eigenvalue weighted by molar-refractivity contribution is 7.52. The molecule has 0 N–H and O–H groups in total. The maximum Gasteiger partial charge on any atom is 0.373 e. The van der Waals surface area contributed by atoms with Gasteiger partial charge in [0.05, 0.1) is 0 Å². The van der Waals surface area contributed by atoms with Gasteiger partial charge in [-0.25, -0.2) is 0 Å². The standard InChI is InChI=1S/C7H8OP.C2H6/c1-9(8)7-5-3-2-4-6-7;1-2/h2-6H,1H3;1-2H3/q+1;. The lowest BCUT2D eigenvalue weighted by Crippen LogP contribution is -1.91. The van der Waals surface area contributed by atoms with E-state index in [-0.39, 0.29) is 0 Å². The fourth-order valence-electron chi connectivity index (χ4n) is 0.638. The molecule has 0 aromatic heterocycles. The second-order valence-corrected chi connectivity index (χ2v) is 3.34. The van der Waals surface area contributed by atoms with Crippen molar-refractivity contribution < 1.29 is 4.57 Å². The Kier molecular flexibility index (Phi) is 5.68. The van der Waals surface area contributed by atoms with Crippen molar-refractivity contribution in [3.8, 4) is 0 Å². The van der Waals surface area contributed by atoms with E-state index in [4.69, 9.17) is 0 Å². The molecule has 0 spiro atoms. The molecule has 0 saturated heterocycles. The minimum Gasteiger partial charge on any atom is -0.0684 e. The smallest absolute Gasteiger partial charge is 0.0684 e. The maximum atomic E-state index is 10.8. The summed E-state index contributed by atoms with van der Waals surface area (Å²) >= 11 is 0.